The molecular formula is C21H26O7P+. The highest BCUT2D eigenvalue weighted by molar-refractivity contribution is 7.00. The minimum Gasteiger partial charge on any atom is -0.496 e. The van der Waals surface area contributed by atoms with Crippen LogP contribution in [-0.4, -0.2) is 39.2 Å². The molecule has 0 amide bonds. The van der Waals surface area contributed by atoms with Crippen molar-refractivity contribution >= 4 is 20.9 Å². The summed E-state index contributed by atoms with van der Waals surface area (Å²) in [6.45, 7) is 3.47. The van der Waals surface area contributed by atoms with E-state index in [4.69, 9.17) is 23.5 Å². The van der Waals surface area contributed by atoms with Gasteiger partial charge in [0.2, 0.25) is 0 Å². The molecule has 0 saturated carbocycles. The third-order valence-corrected chi connectivity index (χ3v) is 3.94. The average Bonchev–Trinajstić information content (AvgIpc) is 2.74. The van der Waals surface area contributed by atoms with Crippen LogP contribution in [0.15, 0.2) is 42.5 Å². The third-order valence-electron chi connectivity index (χ3n) is 3.94. The molecule has 0 bridgehead atoms. The van der Waals surface area contributed by atoms with E-state index in [-0.39, 0.29) is 23.2 Å². The van der Waals surface area contributed by atoms with Crippen molar-refractivity contribution in [3.05, 3.63) is 53.6 Å². The molecule has 156 valence electrons. The molecule has 2 aromatic carbocycles. The quantitative estimate of drug-likeness (QED) is 0.277. The van der Waals surface area contributed by atoms with Gasteiger partial charge in [-0.05, 0) is 19.4 Å². The minimum atomic E-state index is -1.13. The maximum atomic E-state index is 13.4. The average molecular weight is 421 g/mol. The first-order valence-electron chi connectivity index (χ1n) is 8.76. The van der Waals surface area contributed by atoms with Gasteiger partial charge in [-0.2, -0.15) is 0 Å². The van der Waals surface area contributed by atoms with Crippen LogP contribution in [-0.2, 0) is 14.1 Å². The van der Waals surface area contributed by atoms with E-state index in [1.165, 1.54) is 30.4 Å². The van der Waals surface area contributed by atoms with Crippen LogP contribution in [0.1, 0.15) is 35.7 Å². The van der Waals surface area contributed by atoms with E-state index < -0.39 is 17.7 Å². The van der Waals surface area contributed by atoms with Crippen LogP contribution in [0.3, 0.4) is 0 Å². The molecule has 0 spiro atoms. The zero-order chi connectivity index (χ0) is 22.0. The van der Waals surface area contributed by atoms with Gasteiger partial charge in [-0.15, -0.1) is 0 Å². The van der Waals surface area contributed by atoms with Crippen molar-refractivity contribution in [1.29, 1.82) is 0 Å². The molecule has 0 fully saturated rings. The number of hydrogen-bond acceptors (Lipinski definition) is 7. The molecule has 0 aromatic heterocycles. The highest BCUT2D eigenvalue weighted by Crippen LogP contribution is 2.37. The number of ketones is 1. The van der Waals surface area contributed by atoms with Gasteiger partial charge in [-0.1, -0.05) is 34.9 Å². The first-order chi connectivity index (χ1) is 13.9. The molecule has 0 aliphatic carbocycles. The molecule has 2 unspecified atom stereocenters. The Morgan fingerprint density at radius 1 is 0.862 bits per heavy atom. The Morgan fingerprint density at radius 3 is 1.79 bits per heavy atom. The molecular weight excluding hydrogens is 395 g/mol. The first-order valence-corrected chi connectivity index (χ1v) is 9.23. The van der Waals surface area contributed by atoms with Gasteiger partial charge in [0.05, 0.1) is 27.4 Å². The summed E-state index contributed by atoms with van der Waals surface area (Å²) in [6, 6.07) is 11.9. The van der Waals surface area contributed by atoms with Gasteiger partial charge < -0.3 is 18.9 Å². The van der Waals surface area contributed by atoms with Gasteiger partial charge >= 0.3 is 15.1 Å². The molecule has 29 heavy (non-hydrogen) atoms. The van der Waals surface area contributed by atoms with Crippen molar-refractivity contribution in [1.82, 2.24) is 0 Å². The molecule has 0 aliphatic rings. The van der Waals surface area contributed by atoms with Crippen molar-refractivity contribution in [2.24, 2.45) is 0 Å². The van der Waals surface area contributed by atoms with Crippen molar-refractivity contribution < 1.29 is 33.1 Å². The number of esters is 1. The monoisotopic (exact) mass is 421 g/mol. The number of rotatable bonds is 8. The SMILES string of the molecule is COc1cc(OC)c(C(=O)C(C(=O)OC(C)C)c2ccccc2)c(OC)c1.O=[PH2+]. The summed E-state index contributed by atoms with van der Waals surface area (Å²) >= 11 is 0. The molecule has 0 N–H and O–H groups in total. The molecule has 2 atom stereocenters. The molecule has 0 radical (unpaired) electrons. The summed E-state index contributed by atoms with van der Waals surface area (Å²) in [5, 5.41) is 0. The number of carbonyl (C=O) groups is 2. The van der Waals surface area contributed by atoms with Crippen LogP contribution in [0, 0.1) is 0 Å². The van der Waals surface area contributed by atoms with E-state index in [9.17, 15) is 9.59 Å². The van der Waals surface area contributed by atoms with Crippen LogP contribution in [0.2, 0.25) is 0 Å². The molecule has 0 heterocycles. The standard InChI is InChI=1S/C21H24O6.H2OP/c1-13(2)27-21(23)18(14-9-7-6-8-10-14)20(22)19-16(25-4)11-15(24-3)12-17(19)26-5;1-2/h6-13,18H,1-5H3;2H2/q;+1. The second kappa shape index (κ2) is 11.8. The number of benzene rings is 2. The van der Waals surface area contributed by atoms with E-state index in [1.54, 1.807) is 50.2 Å². The predicted molar refractivity (Wildman–Crippen MR) is 111 cm³/mol. The molecule has 2 aromatic rings. The Bertz CT molecular complexity index is 796. The lowest BCUT2D eigenvalue weighted by Crippen LogP contribution is -2.27. The summed E-state index contributed by atoms with van der Waals surface area (Å²) in [7, 11) is 5.55. The van der Waals surface area contributed by atoms with E-state index in [1.807, 2.05) is 6.07 Å². The van der Waals surface area contributed by atoms with Gasteiger partial charge in [0.25, 0.3) is 0 Å². The molecule has 0 aliphatic heterocycles. The van der Waals surface area contributed by atoms with Gasteiger partial charge in [0.15, 0.2) is 5.78 Å². The smallest absolute Gasteiger partial charge is 0.321 e. The lowest BCUT2D eigenvalue weighted by molar-refractivity contribution is -0.147. The summed E-state index contributed by atoms with van der Waals surface area (Å²) in [5.74, 6) is -1.24. The minimum absolute atomic E-state index is 0.162. The van der Waals surface area contributed by atoms with E-state index >= 15 is 0 Å². The Balaban J connectivity index is 0.00000204. The van der Waals surface area contributed by atoms with Crippen molar-refractivity contribution in [3.8, 4) is 17.2 Å². The lowest BCUT2D eigenvalue weighted by Gasteiger charge is -2.20. The van der Waals surface area contributed by atoms with Gasteiger partial charge in [0, 0.05) is 12.1 Å². The molecule has 8 heteroatoms. The predicted octanol–water partition coefficient (Wildman–Crippen LogP) is 3.84. The van der Waals surface area contributed by atoms with Crippen LogP contribution in [0.4, 0.5) is 0 Å². The zero-order valence-corrected chi connectivity index (χ0v) is 18.3. The lowest BCUT2D eigenvalue weighted by atomic mass is 9.89. The Kier molecular flexibility index (Phi) is 9.83. The normalized spacial score (nSPS) is 11.0. The fourth-order valence-corrected chi connectivity index (χ4v) is 2.73. The number of hydrogen-bond donors (Lipinski definition) is 0. The third kappa shape index (κ3) is 6.03. The second-order valence-electron chi connectivity index (χ2n) is 6.10. The second-order valence-corrected chi connectivity index (χ2v) is 6.10. The Hall–Kier alpha value is -2.92. The topological polar surface area (TPSA) is 88.1 Å². The van der Waals surface area contributed by atoms with Gasteiger partial charge in [0.1, 0.15) is 28.7 Å². The zero-order valence-electron chi connectivity index (χ0n) is 17.1. The van der Waals surface area contributed by atoms with Crippen LogP contribution in [0.25, 0.3) is 0 Å². The molecule has 0 saturated heterocycles. The maximum absolute atomic E-state index is 13.4. The largest absolute Gasteiger partial charge is 0.496 e. The maximum Gasteiger partial charge on any atom is 0.321 e. The Morgan fingerprint density at radius 2 is 1.38 bits per heavy atom. The summed E-state index contributed by atoms with van der Waals surface area (Å²) in [4.78, 5) is 26.2. The van der Waals surface area contributed by atoms with E-state index in [0.29, 0.717) is 11.3 Å². The number of methoxy groups -OCH3 is 3. The molecule has 2 rings (SSSR count). The van der Waals surface area contributed by atoms with E-state index in [2.05, 4.69) is 0 Å². The van der Waals surface area contributed by atoms with Crippen LogP contribution >= 0.6 is 9.12 Å². The van der Waals surface area contributed by atoms with E-state index in [0.717, 1.165) is 0 Å². The summed E-state index contributed by atoms with van der Waals surface area (Å²) in [6.07, 6.45) is -0.351. The van der Waals surface area contributed by atoms with Gasteiger partial charge in [-0.3, -0.25) is 9.59 Å². The van der Waals surface area contributed by atoms with Crippen molar-refractivity contribution in [3.63, 3.8) is 0 Å². The Labute approximate surface area is 172 Å². The first kappa shape index (κ1) is 24.1. The van der Waals surface area contributed by atoms with Crippen molar-refractivity contribution in [2.75, 3.05) is 21.3 Å². The van der Waals surface area contributed by atoms with Gasteiger partial charge in [-0.25, -0.2) is 0 Å². The number of Topliss-reactive ketones (excluding diaryl/α,β-unsaturated/α-hetero) is 1. The molecule has 7 nitrogen and oxygen atoms in total. The highest BCUT2D eigenvalue weighted by atomic mass is 31.0. The van der Waals surface area contributed by atoms with Crippen LogP contribution < -0.4 is 14.2 Å². The highest BCUT2D eigenvalue weighted by Gasteiger charge is 2.35. The summed E-state index contributed by atoms with van der Waals surface area (Å²) in [5.41, 5.74) is 0.698. The fraction of sp³-hybridized carbons (Fsp3) is 0.333. The van der Waals surface area contributed by atoms with Crippen molar-refractivity contribution in [2.45, 2.75) is 25.9 Å². The fourth-order valence-electron chi connectivity index (χ4n) is 2.73. The summed E-state index contributed by atoms with van der Waals surface area (Å²) < 4.78 is 29.4. The van der Waals surface area contributed by atoms with Crippen LogP contribution in [0.5, 0.6) is 17.2 Å². The number of carbonyl (C=O) groups excluding carboxylic acids is 2. The number of ether oxygens (including phenoxy) is 4.